The van der Waals surface area contributed by atoms with Crippen molar-refractivity contribution in [3.05, 3.63) is 0 Å². The lowest BCUT2D eigenvalue weighted by atomic mass is 9.84. The van der Waals surface area contributed by atoms with Crippen LogP contribution in [0.5, 0.6) is 0 Å². The van der Waals surface area contributed by atoms with Gasteiger partial charge in [-0.1, -0.05) is 33.1 Å². The Labute approximate surface area is 143 Å². The second-order valence-corrected chi connectivity index (χ2v) is 7.45. The second-order valence-electron chi connectivity index (χ2n) is 7.45. The van der Waals surface area contributed by atoms with Crippen LogP contribution in [0.4, 0.5) is 0 Å². The molecule has 1 aliphatic heterocycles. The van der Waals surface area contributed by atoms with Crippen LogP contribution in [0.2, 0.25) is 0 Å². The van der Waals surface area contributed by atoms with E-state index in [0.29, 0.717) is 6.04 Å². The maximum Gasteiger partial charge on any atom is 0.191 e. The summed E-state index contributed by atoms with van der Waals surface area (Å²) >= 11 is 0. The van der Waals surface area contributed by atoms with Gasteiger partial charge < -0.3 is 15.5 Å². The van der Waals surface area contributed by atoms with Crippen LogP contribution in [-0.4, -0.2) is 50.1 Å². The third-order valence-corrected chi connectivity index (χ3v) is 5.92. The van der Waals surface area contributed by atoms with Crippen molar-refractivity contribution < 1.29 is 0 Å². The topological polar surface area (TPSA) is 39.7 Å². The number of nitrogens with zero attached hydrogens (tertiary/aromatic N) is 2. The van der Waals surface area contributed by atoms with Gasteiger partial charge in [-0.15, -0.1) is 0 Å². The fourth-order valence-corrected chi connectivity index (χ4v) is 4.17. The minimum absolute atomic E-state index is 0.618. The van der Waals surface area contributed by atoms with Crippen LogP contribution in [0.15, 0.2) is 4.99 Å². The van der Waals surface area contributed by atoms with E-state index >= 15 is 0 Å². The standard InChI is InChI=1S/C19H38N4/c1-4-16-7-6-8-18(15-16)22-19(20-3)21-12-9-17-10-13-23(5-2)14-11-17/h16-18H,4-15H2,1-3H3,(H2,20,21,22). The SMILES string of the molecule is CCC1CCCC(NC(=NC)NCCC2CCN(CC)CC2)C1. The number of hydrogen-bond donors (Lipinski definition) is 2. The molecule has 1 saturated carbocycles. The van der Waals surface area contributed by atoms with Gasteiger partial charge in [0, 0.05) is 19.6 Å². The molecule has 4 nitrogen and oxygen atoms in total. The molecule has 2 rings (SSSR count). The Kier molecular flexibility index (Phi) is 8.21. The molecule has 2 aliphatic rings. The highest BCUT2D eigenvalue weighted by Gasteiger charge is 2.22. The largest absolute Gasteiger partial charge is 0.356 e. The molecule has 2 fully saturated rings. The first kappa shape index (κ1) is 18.6. The molecule has 23 heavy (non-hydrogen) atoms. The Morgan fingerprint density at radius 2 is 1.87 bits per heavy atom. The van der Waals surface area contributed by atoms with Gasteiger partial charge in [0.25, 0.3) is 0 Å². The van der Waals surface area contributed by atoms with Gasteiger partial charge >= 0.3 is 0 Å². The van der Waals surface area contributed by atoms with E-state index < -0.39 is 0 Å². The quantitative estimate of drug-likeness (QED) is 0.582. The third-order valence-electron chi connectivity index (χ3n) is 5.92. The van der Waals surface area contributed by atoms with E-state index in [0.717, 1.165) is 24.3 Å². The van der Waals surface area contributed by atoms with Crippen LogP contribution in [-0.2, 0) is 0 Å². The molecular weight excluding hydrogens is 284 g/mol. The first-order chi connectivity index (χ1) is 11.2. The number of piperidine rings is 1. The fourth-order valence-electron chi connectivity index (χ4n) is 4.17. The summed E-state index contributed by atoms with van der Waals surface area (Å²) in [4.78, 5) is 6.99. The van der Waals surface area contributed by atoms with Crippen molar-refractivity contribution in [1.29, 1.82) is 0 Å². The van der Waals surface area contributed by atoms with Gasteiger partial charge in [0.1, 0.15) is 0 Å². The molecule has 0 spiro atoms. The molecule has 134 valence electrons. The predicted molar refractivity (Wildman–Crippen MR) is 100.0 cm³/mol. The zero-order chi connectivity index (χ0) is 16.5. The maximum absolute atomic E-state index is 4.43. The Balaban J connectivity index is 1.63. The Bertz CT molecular complexity index is 347. The second kappa shape index (κ2) is 10.2. The minimum atomic E-state index is 0.618. The smallest absolute Gasteiger partial charge is 0.191 e. The van der Waals surface area contributed by atoms with E-state index in [1.54, 1.807) is 0 Å². The van der Waals surface area contributed by atoms with Crippen molar-refractivity contribution in [2.75, 3.05) is 33.2 Å². The van der Waals surface area contributed by atoms with Crippen molar-refractivity contribution in [1.82, 2.24) is 15.5 Å². The van der Waals surface area contributed by atoms with Crippen LogP contribution < -0.4 is 10.6 Å². The molecule has 0 aromatic heterocycles. The summed E-state index contributed by atoms with van der Waals surface area (Å²) in [6.07, 6.45) is 10.7. The van der Waals surface area contributed by atoms with E-state index in [2.05, 4.69) is 34.4 Å². The van der Waals surface area contributed by atoms with Gasteiger partial charge in [-0.2, -0.15) is 0 Å². The van der Waals surface area contributed by atoms with Gasteiger partial charge in [-0.3, -0.25) is 4.99 Å². The van der Waals surface area contributed by atoms with E-state index in [4.69, 9.17) is 0 Å². The Morgan fingerprint density at radius 1 is 1.09 bits per heavy atom. The Hall–Kier alpha value is -0.770. The molecule has 0 amide bonds. The number of nitrogens with one attached hydrogen (secondary N) is 2. The lowest BCUT2D eigenvalue weighted by Crippen LogP contribution is -2.45. The van der Waals surface area contributed by atoms with Gasteiger partial charge in [-0.25, -0.2) is 0 Å². The lowest BCUT2D eigenvalue weighted by molar-refractivity contribution is 0.187. The van der Waals surface area contributed by atoms with Gasteiger partial charge in [-0.05, 0) is 63.6 Å². The van der Waals surface area contributed by atoms with Crippen molar-refractivity contribution in [3.8, 4) is 0 Å². The molecule has 1 saturated heterocycles. The van der Waals surface area contributed by atoms with E-state index in [1.165, 1.54) is 71.0 Å². The molecule has 0 aromatic rings. The summed E-state index contributed by atoms with van der Waals surface area (Å²) < 4.78 is 0. The first-order valence-corrected chi connectivity index (χ1v) is 9.94. The number of hydrogen-bond acceptors (Lipinski definition) is 2. The fraction of sp³-hybridized carbons (Fsp3) is 0.947. The molecule has 0 radical (unpaired) electrons. The van der Waals surface area contributed by atoms with Crippen molar-refractivity contribution in [3.63, 3.8) is 0 Å². The molecule has 2 N–H and O–H groups in total. The number of aliphatic imine (C=N–C) groups is 1. The van der Waals surface area contributed by atoms with Crippen LogP contribution in [0, 0.1) is 11.8 Å². The minimum Gasteiger partial charge on any atom is -0.356 e. The highest BCUT2D eigenvalue weighted by atomic mass is 15.2. The average molecular weight is 323 g/mol. The molecular formula is C19H38N4. The maximum atomic E-state index is 4.43. The average Bonchev–Trinajstić information content (AvgIpc) is 2.61. The highest BCUT2D eigenvalue weighted by Crippen LogP contribution is 2.26. The first-order valence-electron chi connectivity index (χ1n) is 9.94. The van der Waals surface area contributed by atoms with Crippen molar-refractivity contribution in [2.45, 2.75) is 71.3 Å². The van der Waals surface area contributed by atoms with Gasteiger partial charge in [0.15, 0.2) is 5.96 Å². The molecule has 0 aromatic carbocycles. The summed E-state index contributed by atoms with van der Waals surface area (Å²) in [7, 11) is 1.90. The molecule has 4 heteroatoms. The van der Waals surface area contributed by atoms with Crippen molar-refractivity contribution in [2.24, 2.45) is 16.8 Å². The highest BCUT2D eigenvalue weighted by molar-refractivity contribution is 5.79. The normalized spacial score (nSPS) is 27.9. The molecule has 2 unspecified atom stereocenters. The summed E-state index contributed by atoms with van der Waals surface area (Å²) in [6, 6.07) is 0.618. The zero-order valence-electron chi connectivity index (χ0n) is 15.6. The summed E-state index contributed by atoms with van der Waals surface area (Å²) in [5, 5.41) is 7.20. The lowest BCUT2D eigenvalue weighted by Gasteiger charge is -2.32. The van der Waals surface area contributed by atoms with Gasteiger partial charge in [0.05, 0.1) is 0 Å². The van der Waals surface area contributed by atoms with Crippen molar-refractivity contribution >= 4 is 5.96 Å². The molecule has 0 bridgehead atoms. The monoisotopic (exact) mass is 322 g/mol. The summed E-state index contributed by atoms with van der Waals surface area (Å²) in [5.74, 6) is 2.81. The Morgan fingerprint density at radius 3 is 2.52 bits per heavy atom. The van der Waals surface area contributed by atoms with Crippen LogP contribution >= 0.6 is 0 Å². The molecule has 1 aliphatic carbocycles. The van der Waals surface area contributed by atoms with Crippen LogP contribution in [0.1, 0.15) is 65.2 Å². The number of rotatable bonds is 6. The van der Waals surface area contributed by atoms with E-state index in [-0.39, 0.29) is 0 Å². The van der Waals surface area contributed by atoms with Crippen LogP contribution in [0.3, 0.4) is 0 Å². The number of guanidine groups is 1. The van der Waals surface area contributed by atoms with Crippen LogP contribution in [0.25, 0.3) is 0 Å². The predicted octanol–water partition coefficient (Wildman–Crippen LogP) is 3.24. The number of likely N-dealkylation sites (tertiary alicyclic amines) is 1. The van der Waals surface area contributed by atoms with E-state index in [9.17, 15) is 0 Å². The third kappa shape index (κ3) is 6.33. The molecule has 2 atom stereocenters. The zero-order valence-corrected chi connectivity index (χ0v) is 15.6. The van der Waals surface area contributed by atoms with E-state index in [1.807, 2.05) is 7.05 Å². The van der Waals surface area contributed by atoms with Gasteiger partial charge in [0.2, 0.25) is 0 Å². The molecule has 1 heterocycles. The summed E-state index contributed by atoms with van der Waals surface area (Å²) in [6.45, 7) is 9.43. The summed E-state index contributed by atoms with van der Waals surface area (Å²) in [5.41, 5.74) is 0.